The summed E-state index contributed by atoms with van der Waals surface area (Å²) in [6.07, 6.45) is 2.11. The molecule has 2 heterocycles. The summed E-state index contributed by atoms with van der Waals surface area (Å²) < 4.78 is 0. The number of hydrogen-bond donors (Lipinski definition) is 2. The summed E-state index contributed by atoms with van der Waals surface area (Å²) in [4.78, 5) is 26.2. The third-order valence-electron chi connectivity index (χ3n) is 5.82. The van der Waals surface area contributed by atoms with Crippen LogP contribution in [-0.4, -0.2) is 66.1 Å². The van der Waals surface area contributed by atoms with Gasteiger partial charge in [0.25, 0.3) is 5.91 Å². The van der Waals surface area contributed by atoms with Gasteiger partial charge in [-0.3, -0.25) is 4.79 Å². The highest BCUT2D eigenvalue weighted by molar-refractivity contribution is 5.98. The van der Waals surface area contributed by atoms with E-state index >= 15 is 0 Å². The first-order valence-corrected chi connectivity index (χ1v) is 11.8. The van der Waals surface area contributed by atoms with Crippen LogP contribution in [0.3, 0.4) is 0 Å². The van der Waals surface area contributed by atoms with Crippen molar-refractivity contribution in [3.63, 3.8) is 0 Å². The van der Waals surface area contributed by atoms with Crippen LogP contribution in [-0.2, 0) is 6.42 Å². The average Bonchev–Trinajstić information content (AvgIpc) is 2.77. The molecule has 34 heavy (non-hydrogen) atoms. The maximum atomic E-state index is 13.2. The van der Waals surface area contributed by atoms with Gasteiger partial charge in [-0.05, 0) is 50.4 Å². The molecule has 0 spiro atoms. The number of hydrogen-bond acceptors (Lipinski definition) is 7. The number of rotatable bonds is 7. The van der Waals surface area contributed by atoms with E-state index in [0.29, 0.717) is 24.3 Å². The third kappa shape index (κ3) is 7.16. The van der Waals surface area contributed by atoms with Crippen molar-refractivity contribution >= 4 is 17.4 Å². The molecule has 0 unspecified atom stereocenters. The van der Waals surface area contributed by atoms with E-state index in [4.69, 9.17) is 0 Å². The van der Waals surface area contributed by atoms with Crippen molar-refractivity contribution in [2.75, 3.05) is 50.0 Å². The fourth-order valence-electron chi connectivity index (χ4n) is 3.90. The second kappa shape index (κ2) is 10.4. The molecule has 1 aromatic heterocycles. The smallest absolute Gasteiger partial charge is 0.257 e. The molecule has 1 fully saturated rings. The predicted molar refractivity (Wildman–Crippen MR) is 136 cm³/mol. The van der Waals surface area contributed by atoms with Gasteiger partial charge in [0.15, 0.2) is 0 Å². The first-order chi connectivity index (χ1) is 16.0. The minimum atomic E-state index is -0.484. The van der Waals surface area contributed by atoms with Gasteiger partial charge in [0, 0.05) is 50.1 Å². The van der Waals surface area contributed by atoms with Gasteiger partial charge in [-0.15, -0.1) is 0 Å². The van der Waals surface area contributed by atoms with Crippen molar-refractivity contribution in [1.82, 2.24) is 20.2 Å². The van der Waals surface area contributed by atoms with Crippen molar-refractivity contribution < 1.29 is 4.79 Å². The molecule has 8 nitrogen and oxygen atoms in total. The van der Waals surface area contributed by atoms with Crippen LogP contribution in [0.4, 0.5) is 11.5 Å². The Morgan fingerprint density at radius 1 is 1.09 bits per heavy atom. The molecule has 1 aromatic carbocycles. The van der Waals surface area contributed by atoms with Crippen LogP contribution < -0.4 is 15.5 Å². The molecular formula is C26H37N7O. The lowest BCUT2D eigenvalue weighted by Gasteiger charge is -2.34. The highest BCUT2D eigenvalue weighted by Crippen LogP contribution is 2.22. The highest BCUT2D eigenvalue weighted by atomic mass is 16.1. The molecule has 1 saturated heterocycles. The summed E-state index contributed by atoms with van der Waals surface area (Å²) in [6.45, 7) is 15.1. The number of nitrogens with one attached hydrogen (secondary N) is 2. The molecule has 1 aliphatic heterocycles. The molecule has 8 heteroatoms. The number of aromatic nitrogens is 2. The summed E-state index contributed by atoms with van der Waals surface area (Å²) in [5.41, 5.74) is 2.23. The molecular weight excluding hydrogens is 426 g/mol. The van der Waals surface area contributed by atoms with Crippen LogP contribution in [0, 0.1) is 16.7 Å². The third-order valence-corrected chi connectivity index (χ3v) is 5.82. The van der Waals surface area contributed by atoms with Crippen LogP contribution in [0.25, 0.3) is 0 Å². The first kappa shape index (κ1) is 25.4. The monoisotopic (exact) mass is 463 g/mol. The number of carbonyl (C=O) groups excluding carboxylic acids is 1. The van der Waals surface area contributed by atoms with Gasteiger partial charge in [0.2, 0.25) is 5.82 Å². The molecule has 1 amide bonds. The second-order valence-corrected chi connectivity index (χ2v) is 11.0. The molecule has 3 rings (SSSR count). The van der Waals surface area contributed by atoms with E-state index in [9.17, 15) is 10.1 Å². The van der Waals surface area contributed by atoms with Crippen molar-refractivity contribution in [2.24, 2.45) is 5.41 Å². The fourth-order valence-corrected chi connectivity index (χ4v) is 3.90. The number of nitrogens with zero attached hydrogens (tertiary/aromatic N) is 5. The maximum absolute atomic E-state index is 13.2. The predicted octanol–water partition coefficient (Wildman–Crippen LogP) is 3.31. The number of benzene rings is 1. The molecule has 2 N–H and O–H groups in total. The number of nitriles is 1. The van der Waals surface area contributed by atoms with E-state index in [1.54, 1.807) is 0 Å². The Morgan fingerprint density at radius 3 is 2.32 bits per heavy atom. The van der Waals surface area contributed by atoms with Crippen LogP contribution in [0.15, 0.2) is 30.5 Å². The Labute approximate surface area is 203 Å². The summed E-state index contributed by atoms with van der Waals surface area (Å²) in [6, 6.07) is 10.6. The Bertz CT molecular complexity index is 1030. The van der Waals surface area contributed by atoms with E-state index in [0.717, 1.165) is 31.7 Å². The molecule has 0 saturated carbocycles. The number of amides is 1. The minimum absolute atomic E-state index is 0.0128. The zero-order chi connectivity index (χ0) is 24.9. The van der Waals surface area contributed by atoms with E-state index in [1.165, 1.54) is 11.9 Å². The van der Waals surface area contributed by atoms with Gasteiger partial charge in [0.05, 0.1) is 0 Å². The van der Waals surface area contributed by atoms with Gasteiger partial charge in [-0.25, -0.2) is 9.97 Å². The topological polar surface area (TPSA) is 97.2 Å². The molecule has 1 aliphatic rings. The lowest BCUT2D eigenvalue weighted by molar-refractivity contribution is 0.0913. The lowest BCUT2D eigenvalue weighted by atomic mass is 9.94. The molecule has 0 bridgehead atoms. The molecule has 0 atom stereocenters. The largest absolute Gasteiger partial charge is 0.369 e. The van der Waals surface area contributed by atoms with E-state index in [2.05, 4.69) is 82.5 Å². The Balaban J connectivity index is 1.67. The van der Waals surface area contributed by atoms with Crippen molar-refractivity contribution in [1.29, 1.82) is 5.26 Å². The minimum Gasteiger partial charge on any atom is -0.369 e. The zero-order valence-corrected chi connectivity index (χ0v) is 21.3. The maximum Gasteiger partial charge on any atom is 0.257 e. The number of carbonyl (C=O) groups is 1. The zero-order valence-electron chi connectivity index (χ0n) is 21.3. The van der Waals surface area contributed by atoms with Crippen LogP contribution in [0.5, 0.6) is 0 Å². The van der Waals surface area contributed by atoms with Crippen molar-refractivity contribution in [3.8, 4) is 6.07 Å². The summed E-state index contributed by atoms with van der Waals surface area (Å²) >= 11 is 0. The highest BCUT2D eigenvalue weighted by Gasteiger charge is 2.25. The van der Waals surface area contributed by atoms with Gasteiger partial charge in [-0.1, -0.05) is 32.9 Å². The summed E-state index contributed by atoms with van der Waals surface area (Å²) in [5.74, 6) is 0.152. The standard InChI is InChI=1S/C26H37N7O/c1-25(2,3)18-29-23-21(17-28-22(16-27)30-23)24(34)31-26(4,5)15-19-7-9-20(10-8-19)33-13-11-32(6)12-14-33/h7-10,17H,11-15,18H2,1-6H3,(H,31,34)(H,28,29,30). The lowest BCUT2D eigenvalue weighted by Crippen LogP contribution is -2.45. The average molecular weight is 464 g/mol. The Morgan fingerprint density at radius 2 is 1.74 bits per heavy atom. The van der Waals surface area contributed by atoms with Crippen molar-refractivity contribution in [3.05, 3.63) is 47.4 Å². The molecule has 0 radical (unpaired) electrons. The molecule has 2 aromatic rings. The quantitative estimate of drug-likeness (QED) is 0.650. The summed E-state index contributed by atoms with van der Waals surface area (Å²) in [5, 5.41) is 15.5. The van der Waals surface area contributed by atoms with Gasteiger partial charge >= 0.3 is 0 Å². The Hall–Kier alpha value is -3.18. The van der Waals surface area contributed by atoms with Gasteiger partial charge in [0.1, 0.15) is 17.5 Å². The Kier molecular flexibility index (Phi) is 7.78. The van der Waals surface area contributed by atoms with Crippen molar-refractivity contribution in [2.45, 2.75) is 46.6 Å². The number of likely N-dealkylation sites (N-methyl/N-ethyl adjacent to an activating group) is 1. The van der Waals surface area contributed by atoms with Crippen LogP contribution in [0.2, 0.25) is 0 Å². The number of anilines is 2. The SMILES string of the molecule is CN1CCN(c2ccc(CC(C)(C)NC(=O)c3cnc(C#N)nc3NCC(C)(C)C)cc2)CC1. The van der Waals surface area contributed by atoms with Gasteiger partial charge in [-0.2, -0.15) is 5.26 Å². The number of piperazine rings is 1. The van der Waals surface area contributed by atoms with Crippen LogP contribution in [0.1, 0.15) is 56.4 Å². The van der Waals surface area contributed by atoms with E-state index < -0.39 is 5.54 Å². The van der Waals surface area contributed by atoms with Gasteiger partial charge < -0.3 is 20.4 Å². The summed E-state index contributed by atoms with van der Waals surface area (Å²) in [7, 11) is 2.16. The fraction of sp³-hybridized carbons (Fsp3) is 0.538. The van der Waals surface area contributed by atoms with Crippen LogP contribution >= 0.6 is 0 Å². The first-order valence-electron chi connectivity index (χ1n) is 11.8. The molecule has 0 aliphatic carbocycles. The molecule has 182 valence electrons. The normalized spacial score (nSPS) is 15.0. The van der Waals surface area contributed by atoms with E-state index in [-0.39, 0.29) is 17.1 Å². The second-order valence-electron chi connectivity index (χ2n) is 11.0. The van der Waals surface area contributed by atoms with E-state index in [1.807, 2.05) is 19.9 Å².